The number of nitrogens with one attached hydrogen (secondary N) is 4. The molecule has 11 nitrogen and oxygen atoms in total. The monoisotopic (exact) mass is 348 g/mol. The quantitative estimate of drug-likeness (QED) is 0.321. The normalized spacial score (nSPS) is 10.6. The molecular weight excluding hydrogens is 332 g/mol. The van der Waals surface area contributed by atoms with Crippen LogP contribution in [-0.4, -0.2) is 46.1 Å². The van der Waals surface area contributed by atoms with E-state index in [9.17, 15) is 19.5 Å². The average molecular weight is 348 g/mol. The van der Waals surface area contributed by atoms with Crippen molar-refractivity contribution >= 4 is 17.9 Å². The summed E-state index contributed by atoms with van der Waals surface area (Å²) < 4.78 is 4.96. The van der Waals surface area contributed by atoms with E-state index < -0.39 is 17.2 Å². The van der Waals surface area contributed by atoms with Gasteiger partial charge in [0.25, 0.3) is 5.56 Å². The summed E-state index contributed by atoms with van der Waals surface area (Å²) in [4.78, 5) is 35.8. The second-order valence-corrected chi connectivity index (χ2v) is 4.76. The van der Waals surface area contributed by atoms with Crippen LogP contribution < -0.4 is 26.7 Å². The second kappa shape index (κ2) is 8.29. The van der Waals surface area contributed by atoms with Crippen molar-refractivity contribution in [3.8, 4) is 11.5 Å². The van der Waals surface area contributed by atoms with Crippen LogP contribution in [0.1, 0.15) is 12.0 Å². The first-order valence-electron chi connectivity index (χ1n) is 7.11. The van der Waals surface area contributed by atoms with E-state index >= 15 is 0 Å². The summed E-state index contributed by atoms with van der Waals surface area (Å²) in [7, 11) is 1.42. The molecule has 0 saturated carbocycles. The molecule has 0 aliphatic carbocycles. The number of ether oxygens (including phenoxy) is 1. The van der Waals surface area contributed by atoms with Gasteiger partial charge in [0.15, 0.2) is 11.5 Å². The van der Waals surface area contributed by atoms with Crippen molar-refractivity contribution in [1.82, 2.24) is 20.6 Å². The average Bonchev–Trinajstić information content (AvgIpc) is 2.58. The summed E-state index contributed by atoms with van der Waals surface area (Å²) in [6, 6.07) is 4.60. The number of hydrogen-bond donors (Lipinski definition) is 5. The first-order valence-corrected chi connectivity index (χ1v) is 7.11. The highest BCUT2D eigenvalue weighted by Crippen LogP contribution is 2.25. The number of nitrogens with zero attached hydrogens (tertiary/aromatic N) is 2. The van der Waals surface area contributed by atoms with Crippen molar-refractivity contribution in [2.24, 2.45) is 5.10 Å². The van der Waals surface area contributed by atoms with E-state index in [2.05, 4.69) is 26.0 Å². The number of aromatic amines is 2. The third-order valence-electron chi connectivity index (χ3n) is 2.96. The van der Waals surface area contributed by atoms with Crippen molar-refractivity contribution in [2.75, 3.05) is 19.0 Å². The van der Waals surface area contributed by atoms with Crippen LogP contribution in [0.5, 0.6) is 11.5 Å². The third kappa shape index (κ3) is 5.20. The maximum atomic E-state index is 11.6. The van der Waals surface area contributed by atoms with Gasteiger partial charge in [-0.15, -0.1) is 5.10 Å². The Labute approximate surface area is 140 Å². The summed E-state index contributed by atoms with van der Waals surface area (Å²) in [6.45, 7) is 0.122. The van der Waals surface area contributed by atoms with Gasteiger partial charge in [-0.2, -0.15) is 5.10 Å². The molecule has 0 spiro atoms. The van der Waals surface area contributed by atoms with Gasteiger partial charge in [0.05, 0.1) is 13.3 Å². The summed E-state index contributed by atoms with van der Waals surface area (Å²) in [5, 5.41) is 21.5. The van der Waals surface area contributed by atoms with Gasteiger partial charge < -0.3 is 15.2 Å². The molecule has 1 aromatic heterocycles. The predicted molar refractivity (Wildman–Crippen MR) is 89.0 cm³/mol. The van der Waals surface area contributed by atoms with Gasteiger partial charge in [0, 0.05) is 13.0 Å². The van der Waals surface area contributed by atoms with Crippen molar-refractivity contribution in [2.45, 2.75) is 6.42 Å². The van der Waals surface area contributed by atoms with E-state index in [0.717, 1.165) is 0 Å². The number of amides is 1. The zero-order valence-corrected chi connectivity index (χ0v) is 13.2. The minimum Gasteiger partial charge on any atom is -0.504 e. The molecule has 0 radical (unpaired) electrons. The highest BCUT2D eigenvalue weighted by atomic mass is 16.5. The largest absolute Gasteiger partial charge is 0.504 e. The number of benzene rings is 1. The number of aromatic hydroxyl groups is 1. The lowest BCUT2D eigenvalue weighted by Gasteiger charge is -2.04. The number of aromatic nitrogens is 3. The Balaban J connectivity index is 1.80. The SMILES string of the molecule is COc1cc(/C=N/NC(=O)CCNc2n[nH]c(=O)[nH]c2=O)ccc1O. The lowest BCUT2D eigenvalue weighted by Crippen LogP contribution is -2.28. The first-order chi connectivity index (χ1) is 12.0. The third-order valence-corrected chi connectivity index (χ3v) is 2.96. The van der Waals surface area contributed by atoms with E-state index in [1.165, 1.54) is 19.4 Å². The van der Waals surface area contributed by atoms with Gasteiger partial charge in [-0.25, -0.2) is 15.3 Å². The Morgan fingerprint density at radius 3 is 2.96 bits per heavy atom. The van der Waals surface area contributed by atoms with Crippen LogP contribution >= 0.6 is 0 Å². The van der Waals surface area contributed by atoms with Gasteiger partial charge in [-0.1, -0.05) is 0 Å². The van der Waals surface area contributed by atoms with Gasteiger partial charge in [-0.3, -0.25) is 14.6 Å². The molecule has 0 unspecified atom stereocenters. The van der Waals surface area contributed by atoms with E-state index in [1.807, 2.05) is 4.98 Å². The Hall–Kier alpha value is -3.63. The molecule has 1 aromatic carbocycles. The number of phenols is 1. The zero-order chi connectivity index (χ0) is 18.2. The Bertz CT molecular complexity index is 888. The molecular formula is C14H16N6O5. The van der Waals surface area contributed by atoms with Crippen LogP contribution in [0.2, 0.25) is 0 Å². The lowest BCUT2D eigenvalue weighted by molar-refractivity contribution is -0.120. The summed E-state index contributed by atoms with van der Waals surface area (Å²) in [6.07, 6.45) is 1.41. The number of H-pyrrole nitrogens is 2. The maximum Gasteiger partial charge on any atom is 0.342 e. The smallest absolute Gasteiger partial charge is 0.342 e. The number of methoxy groups -OCH3 is 1. The highest BCUT2D eigenvalue weighted by Gasteiger charge is 2.04. The van der Waals surface area contributed by atoms with E-state index in [1.54, 1.807) is 12.1 Å². The second-order valence-electron chi connectivity index (χ2n) is 4.76. The molecule has 1 heterocycles. The number of hydrazone groups is 1. The molecule has 25 heavy (non-hydrogen) atoms. The van der Waals surface area contributed by atoms with E-state index in [-0.39, 0.29) is 30.3 Å². The van der Waals surface area contributed by atoms with Crippen LogP contribution in [0.3, 0.4) is 0 Å². The number of rotatable bonds is 7. The fourth-order valence-electron chi connectivity index (χ4n) is 1.77. The number of carbonyl (C=O) groups is 1. The molecule has 0 aliphatic rings. The summed E-state index contributed by atoms with van der Waals surface area (Å²) in [5.74, 6) is -0.193. The number of phenolic OH excluding ortho intramolecular Hbond substituents is 1. The zero-order valence-electron chi connectivity index (χ0n) is 13.2. The van der Waals surface area contributed by atoms with Crippen LogP contribution in [0.4, 0.5) is 5.82 Å². The molecule has 5 N–H and O–H groups in total. The fourth-order valence-corrected chi connectivity index (χ4v) is 1.77. The van der Waals surface area contributed by atoms with Crippen molar-refractivity contribution in [1.29, 1.82) is 0 Å². The van der Waals surface area contributed by atoms with Crippen molar-refractivity contribution in [3.63, 3.8) is 0 Å². The highest BCUT2D eigenvalue weighted by molar-refractivity contribution is 5.83. The van der Waals surface area contributed by atoms with E-state index in [4.69, 9.17) is 4.74 Å². The topological polar surface area (TPSA) is 162 Å². The fraction of sp³-hybridized carbons (Fsp3) is 0.214. The van der Waals surface area contributed by atoms with Gasteiger partial charge in [0.2, 0.25) is 11.7 Å². The van der Waals surface area contributed by atoms with Gasteiger partial charge >= 0.3 is 5.69 Å². The minimum atomic E-state index is -0.714. The molecule has 0 atom stereocenters. The van der Waals surface area contributed by atoms with Gasteiger partial charge in [-0.05, 0) is 23.8 Å². The number of hydrogen-bond acceptors (Lipinski definition) is 8. The van der Waals surface area contributed by atoms with Crippen molar-refractivity contribution in [3.05, 3.63) is 44.6 Å². The predicted octanol–water partition coefficient (Wildman–Crippen LogP) is -0.875. The van der Waals surface area contributed by atoms with Crippen LogP contribution in [-0.2, 0) is 4.79 Å². The Kier molecular flexibility index (Phi) is 5.87. The molecule has 0 fully saturated rings. The molecule has 132 valence electrons. The number of anilines is 1. The molecule has 0 saturated heterocycles. The maximum absolute atomic E-state index is 11.6. The van der Waals surface area contributed by atoms with Crippen LogP contribution in [0.25, 0.3) is 0 Å². The summed E-state index contributed by atoms with van der Waals surface area (Å²) in [5.41, 5.74) is 1.55. The van der Waals surface area contributed by atoms with E-state index in [0.29, 0.717) is 5.56 Å². The van der Waals surface area contributed by atoms with Crippen molar-refractivity contribution < 1.29 is 14.6 Å². The molecule has 2 aromatic rings. The van der Waals surface area contributed by atoms with Crippen LogP contribution in [0, 0.1) is 0 Å². The summed E-state index contributed by atoms with van der Waals surface area (Å²) >= 11 is 0. The molecule has 2 rings (SSSR count). The molecule has 0 aliphatic heterocycles. The molecule has 1 amide bonds. The molecule has 0 bridgehead atoms. The van der Waals surface area contributed by atoms with Crippen LogP contribution in [0.15, 0.2) is 32.9 Å². The first kappa shape index (κ1) is 17.7. The number of carbonyl (C=O) groups excluding carboxylic acids is 1. The standard InChI is InChI=1S/C14H16N6O5/c1-25-10-6-8(2-3-9(10)21)7-16-18-11(22)4-5-15-12-13(23)17-14(24)20-19-12/h2-3,6-7,21H,4-5H2,1H3,(H,15,19)(H,18,22)(H2,17,20,23,24)/b16-7+. The molecule has 11 heteroatoms. The minimum absolute atomic E-state index is 0.000568. The lowest BCUT2D eigenvalue weighted by atomic mass is 10.2. The Morgan fingerprint density at radius 1 is 1.44 bits per heavy atom. The van der Waals surface area contributed by atoms with Gasteiger partial charge in [0.1, 0.15) is 0 Å². The Morgan fingerprint density at radius 2 is 2.24 bits per heavy atom.